The summed E-state index contributed by atoms with van der Waals surface area (Å²) >= 11 is 0. The molecule has 0 saturated carbocycles. The van der Waals surface area contributed by atoms with Crippen molar-refractivity contribution in [2.45, 2.75) is 199 Å². The predicted octanol–water partition coefficient (Wildman–Crippen LogP) is 9.50. The minimum absolute atomic E-state index is 0.189. The molecule has 3 N–H and O–H groups in total. The van der Waals surface area contributed by atoms with Crippen LogP contribution in [0.1, 0.15) is 187 Å². The van der Waals surface area contributed by atoms with Gasteiger partial charge in [0.15, 0.2) is 6.10 Å². The monoisotopic (exact) mass is 708 g/mol. The third-order valence-corrected chi connectivity index (χ3v) is 9.43. The molecule has 0 aromatic rings. The van der Waals surface area contributed by atoms with Crippen LogP contribution in [0.2, 0.25) is 0 Å². The maximum absolute atomic E-state index is 12.4. The molecular formula is C37H73O10P. The van der Waals surface area contributed by atoms with Gasteiger partial charge in [0.1, 0.15) is 12.7 Å². The largest absolute Gasteiger partial charge is 0.472 e. The summed E-state index contributed by atoms with van der Waals surface area (Å²) in [5.74, 6) is -0.976. The molecule has 0 fully saturated rings. The van der Waals surface area contributed by atoms with Gasteiger partial charge < -0.3 is 24.6 Å². The van der Waals surface area contributed by atoms with Gasteiger partial charge in [-0.2, -0.15) is 0 Å². The second kappa shape index (κ2) is 34.4. The van der Waals surface area contributed by atoms with Gasteiger partial charge in [-0.3, -0.25) is 18.6 Å². The third-order valence-electron chi connectivity index (χ3n) is 8.48. The van der Waals surface area contributed by atoms with Gasteiger partial charge in [0.25, 0.3) is 0 Å². The number of hydrogen-bond acceptors (Lipinski definition) is 9. The summed E-state index contributed by atoms with van der Waals surface area (Å²) in [5.41, 5.74) is 0. The molecule has 0 aromatic heterocycles. The van der Waals surface area contributed by atoms with Crippen molar-refractivity contribution in [3.8, 4) is 0 Å². The number of phosphoric ester groups is 1. The van der Waals surface area contributed by atoms with Crippen molar-refractivity contribution in [2.75, 3.05) is 26.4 Å². The molecule has 48 heavy (non-hydrogen) atoms. The molecule has 0 bridgehead atoms. The highest BCUT2D eigenvalue weighted by atomic mass is 31.2. The van der Waals surface area contributed by atoms with Gasteiger partial charge in [-0.05, 0) is 12.8 Å². The quantitative estimate of drug-likeness (QED) is 0.0324. The van der Waals surface area contributed by atoms with Crippen LogP contribution in [0.3, 0.4) is 0 Å². The molecule has 3 atom stereocenters. The average molecular weight is 709 g/mol. The van der Waals surface area contributed by atoms with E-state index in [4.69, 9.17) is 19.1 Å². The second-order valence-corrected chi connectivity index (χ2v) is 14.8. The van der Waals surface area contributed by atoms with E-state index in [1.807, 2.05) is 6.92 Å². The SMILES string of the molecule is CCCCCCCCCCCCCCCCCCCCCCCCCCC(=O)OC(COC(=O)CCC)COP(=O)(O)OCC(O)CO. The number of aliphatic hydroxyl groups is 2. The summed E-state index contributed by atoms with van der Waals surface area (Å²) in [6, 6.07) is 0. The Morgan fingerprint density at radius 1 is 0.542 bits per heavy atom. The number of unbranched alkanes of at least 4 members (excludes halogenated alkanes) is 23. The molecular weight excluding hydrogens is 635 g/mol. The van der Waals surface area contributed by atoms with Crippen molar-refractivity contribution >= 4 is 19.8 Å². The number of esters is 2. The fourth-order valence-electron chi connectivity index (χ4n) is 5.50. The van der Waals surface area contributed by atoms with Crippen molar-refractivity contribution in [3.63, 3.8) is 0 Å². The number of phosphoric acid groups is 1. The molecule has 10 nitrogen and oxygen atoms in total. The van der Waals surface area contributed by atoms with Gasteiger partial charge in [0, 0.05) is 12.8 Å². The maximum Gasteiger partial charge on any atom is 0.472 e. The lowest BCUT2D eigenvalue weighted by Gasteiger charge is -2.20. The minimum atomic E-state index is -4.58. The fourth-order valence-corrected chi connectivity index (χ4v) is 6.29. The van der Waals surface area contributed by atoms with Gasteiger partial charge in [-0.15, -0.1) is 0 Å². The topological polar surface area (TPSA) is 149 Å². The number of aliphatic hydroxyl groups excluding tert-OH is 2. The van der Waals surface area contributed by atoms with E-state index in [-0.39, 0.29) is 19.4 Å². The molecule has 0 spiro atoms. The van der Waals surface area contributed by atoms with Crippen LogP contribution < -0.4 is 0 Å². The Hall–Kier alpha value is -1.03. The van der Waals surface area contributed by atoms with Crippen LogP contribution in [0.5, 0.6) is 0 Å². The zero-order valence-corrected chi connectivity index (χ0v) is 31.6. The van der Waals surface area contributed by atoms with E-state index in [2.05, 4.69) is 11.4 Å². The van der Waals surface area contributed by atoms with Gasteiger partial charge in [0.05, 0.1) is 19.8 Å². The lowest BCUT2D eigenvalue weighted by atomic mass is 10.0. The molecule has 0 aromatic carbocycles. The molecule has 11 heteroatoms. The van der Waals surface area contributed by atoms with E-state index in [0.29, 0.717) is 12.8 Å². The van der Waals surface area contributed by atoms with Crippen LogP contribution in [-0.2, 0) is 32.7 Å². The first-order valence-corrected chi connectivity index (χ1v) is 21.0. The Bertz CT molecular complexity index is 781. The molecule has 0 radical (unpaired) electrons. The molecule has 0 amide bonds. The minimum Gasteiger partial charge on any atom is -0.462 e. The Morgan fingerprint density at radius 3 is 1.33 bits per heavy atom. The summed E-state index contributed by atoms with van der Waals surface area (Å²) in [4.78, 5) is 33.9. The summed E-state index contributed by atoms with van der Waals surface area (Å²) < 4.78 is 32.0. The van der Waals surface area contributed by atoms with Crippen molar-refractivity contribution < 1.29 is 47.8 Å². The first kappa shape index (κ1) is 47.0. The molecule has 0 aliphatic carbocycles. The number of rotatable bonds is 37. The maximum atomic E-state index is 12.4. The van der Waals surface area contributed by atoms with Crippen LogP contribution in [-0.4, -0.2) is 65.7 Å². The first-order chi connectivity index (χ1) is 23.2. The predicted molar refractivity (Wildman–Crippen MR) is 192 cm³/mol. The van der Waals surface area contributed by atoms with E-state index in [0.717, 1.165) is 19.3 Å². The van der Waals surface area contributed by atoms with E-state index >= 15 is 0 Å². The van der Waals surface area contributed by atoms with Gasteiger partial charge in [-0.1, -0.05) is 162 Å². The Morgan fingerprint density at radius 2 is 0.938 bits per heavy atom. The number of carbonyl (C=O) groups excluding carboxylic acids is 2. The average Bonchev–Trinajstić information content (AvgIpc) is 3.07. The highest BCUT2D eigenvalue weighted by molar-refractivity contribution is 7.47. The Kier molecular flexibility index (Phi) is 33.7. The van der Waals surface area contributed by atoms with Crippen LogP contribution in [0.4, 0.5) is 0 Å². The van der Waals surface area contributed by atoms with Crippen molar-refractivity contribution in [3.05, 3.63) is 0 Å². The summed E-state index contributed by atoms with van der Waals surface area (Å²) in [7, 11) is -4.58. The standard InChI is InChI=1S/C37H73O10P/c1-3-5-6-7-8-9-10-11-12-13-14-15-16-17-18-19-20-21-22-23-24-25-26-27-29-37(41)47-35(32-44-36(40)28-4-2)33-46-48(42,43)45-31-34(39)30-38/h34-35,38-39H,3-33H2,1-2H3,(H,42,43). The van der Waals surface area contributed by atoms with Crippen molar-refractivity contribution in [1.29, 1.82) is 0 Å². The first-order valence-electron chi connectivity index (χ1n) is 19.5. The molecule has 0 aliphatic heterocycles. The van der Waals surface area contributed by atoms with Gasteiger partial charge in [-0.25, -0.2) is 4.57 Å². The van der Waals surface area contributed by atoms with Crippen molar-refractivity contribution in [2.24, 2.45) is 0 Å². The zero-order chi connectivity index (χ0) is 35.6. The second-order valence-electron chi connectivity index (χ2n) is 13.3. The summed E-state index contributed by atoms with van der Waals surface area (Å²) in [6.45, 7) is 1.99. The fraction of sp³-hybridized carbons (Fsp3) is 0.946. The number of hydrogen-bond donors (Lipinski definition) is 3. The van der Waals surface area contributed by atoms with E-state index in [1.165, 1.54) is 128 Å². The van der Waals surface area contributed by atoms with Gasteiger partial charge >= 0.3 is 19.8 Å². The molecule has 0 heterocycles. The Balaban J connectivity index is 3.79. The van der Waals surface area contributed by atoms with Gasteiger partial charge in [0.2, 0.25) is 0 Å². The summed E-state index contributed by atoms with van der Waals surface area (Å²) in [5, 5.41) is 18.1. The van der Waals surface area contributed by atoms with Crippen LogP contribution in [0.25, 0.3) is 0 Å². The van der Waals surface area contributed by atoms with Crippen LogP contribution in [0.15, 0.2) is 0 Å². The van der Waals surface area contributed by atoms with E-state index < -0.39 is 51.8 Å². The molecule has 0 rings (SSSR count). The molecule has 286 valence electrons. The van der Waals surface area contributed by atoms with Crippen LogP contribution >= 0.6 is 7.82 Å². The Labute approximate surface area is 293 Å². The molecule has 0 aliphatic rings. The molecule has 0 saturated heterocycles. The van der Waals surface area contributed by atoms with E-state index in [1.54, 1.807) is 0 Å². The lowest BCUT2D eigenvalue weighted by Crippen LogP contribution is -2.29. The highest BCUT2D eigenvalue weighted by Crippen LogP contribution is 2.43. The highest BCUT2D eigenvalue weighted by Gasteiger charge is 2.27. The summed E-state index contributed by atoms with van der Waals surface area (Å²) in [6.07, 6.45) is 29.9. The van der Waals surface area contributed by atoms with Crippen LogP contribution in [0, 0.1) is 0 Å². The van der Waals surface area contributed by atoms with Crippen molar-refractivity contribution in [1.82, 2.24) is 0 Å². The smallest absolute Gasteiger partial charge is 0.462 e. The lowest BCUT2D eigenvalue weighted by molar-refractivity contribution is -0.161. The number of ether oxygens (including phenoxy) is 2. The normalized spacial score (nSPS) is 14.0. The van der Waals surface area contributed by atoms with E-state index in [9.17, 15) is 24.2 Å². The third kappa shape index (κ3) is 33.5. The number of carbonyl (C=O) groups is 2. The zero-order valence-electron chi connectivity index (χ0n) is 30.7. The molecule has 3 unspecified atom stereocenters.